The number of benzene rings is 5. The Hall–Kier alpha value is -12.3. The number of anilines is 3. The van der Waals surface area contributed by atoms with Crippen molar-refractivity contribution in [3.63, 3.8) is 0 Å². The van der Waals surface area contributed by atoms with Crippen LogP contribution in [-0.4, -0.2) is 151 Å². The molecule has 9 aromatic rings. The van der Waals surface area contributed by atoms with Crippen LogP contribution in [0.2, 0.25) is 0 Å². The Morgan fingerprint density at radius 2 is 1.18 bits per heavy atom. The summed E-state index contributed by atoms with van der Waals surface area (Å²) in [6, 6.07) is 46.7. The average molecular weight is 1420 g/mol. The largest absolute Gasteiger partial charge is 0.489 e. The number of H-pyrrole nitrogens is 1. The molecule has 0 radical (unpaired) electrons. The number of carbonyl (C=O) groups excluding carboxylic acids is 5. The van der Waals surface area contributed by atoms with Gasteiger partial charge in [-0.15, -0.1) is 0 Å². The standard InChI is InChI=1S/C30H28FN3O4.C24H22FN7O3.C24H22N4O4/c31-26-17-34(29(36)18-35)12-11-28(26)38-27-10-9-21(13-22(27)16-32)20-7-4-8-23(14-20)33-30(37)25-15-24(25)19-5-2-1-3-6-19;25-18-12-32(24(34)22-28-13-29-31-22)8-6-21(18)35-20-4-3-15(9-16(20)11-26)19-10-17(5-7-27-19)30-23(33)14-1-2-14;25-12-17-9-15(1-2-21(17)32-18-4-7-30-8-5-18)16-3-6-27-23(10-16)28-24(29)20-11-19(20)22-13-26-14-31-22/h1-10,13-14,24-26,28,35H,11-12,15,17-18H2,(H,33,37);3-5,7,9-10,13-14,18,21H,1-2,6,8,12H2,(H,27,30,33)(H,28,29,31);1-3,6,9-10,13-14,18-20H,4-5,7-8,11H2,(H,27,28,29)/t24-,25-,26-,28+;18-,21+;19-,20-/m111/s1. The van der Waals surface area contributed by atoms with Crippen LogP contribution < -0.4 is 30.2 Å². The Kier molecular flexibility index (Phi) is 22.2. The molecule has 534 valence electrons. The number of nitrogens with one attached hydrogen (secondary N) is 4. The number of nitrogens with zero attached hydrogens (tertiary/aromatic N) is 10. The lowest BCUT2D eigenvalue weighted by Gasteiger charge is -2.34. The minimum absolute atomic E-state index is 0.00189. The van der Waals surface area contributed by atoms with Crippen molar-refractivity contribution < 1.29 is 61.2 Å². The van der Waals surface area contributed by atoms with Gasteiger partial charge in [0.05, 0.1) is 54.9 Å². The number of oxazole rings is 1. The number of aromatic nitrogens is 6. The van der Waals surface area contributed by atoms with E-state index in [1.54, 1.807) is 79.3 Å². The van der Waals surface area contributed by atoms with Crippen LogP contribution in [0.5, 0.6) is 17.2 Å². The molecule has 3 saturated carbocycles. The molecule has 5 amide bonds. The molecule has 0 unspecified atom stereocenters. The van der Waals surface area contributed by atoms with Gasteiger partial charge in [-0.3, -0.25) is 34.1 Å². The van der Waals surface area contributed by atoms with Gasteiger partial charge in [-0.05, 0) is 138 Å². The Balaban J connectivity index is 0.000000140. The maximum atomic E-state index is 14.9. The zero-order valence-electron chi connectivity index (χ0n) is 56.7. The van der Waals surface area contributed by atoms with Gasteiger partial charge in [0.1, 0.15) is 78.3 Å². The van der Waals surface area contributed by atoms with Gasteiger partial charge in [0, 0.05) is 91.8 Å². The second-order valence-electron chi connectivity index (χ2n) is 26.3. The lowest BCUT2D eigenvalue weighted by molar-refractivity contribution is -0.138. The predicted octanol–water partition coefficient (Wildman–Crippen LogP) is 10.9. The van der Waals surface area contributed by atoms with E-state index in [0.717, 1.165) is 66.5 Å². The molecular formula is C78H72F2N14O11. The monoisotopic (exact) mass is 1420 g/mol. The van der Waals surface area contributed by atoms with E-state index < -0.39 is 43.0 Å². The number of likely N-dealkylation sites (tertiary alicyclic amines) is 2. The van der Waals surface area contributed by atoms with E-state index in [9.17, 15) is 48.5 Å². The van der Waals surface area contributed by atoms with Gasteiger partial charge in [-0.1, -0.05) is 54.6 Å². The lowest BCUT2D eigenvalue weighted by Crippen LogP contribution is -2.50. The van der Waals surface area contributed by atoms with E-state index >= 15 is 0 Å². The van der Waals surface area contributed by atoms with Crippen LogP contribution in [-0.2, 0) is 23.9 Å². The fraction of sp³-hybridized carbons (Fsp3) is 0.321. The molecule has 0 spiro atoms. The molecule has 3 saturated heterocycles. The fourth-order valence-electron chi connectivity index (χ4n) is 12.9. The number of pyridine rings is 2. The van der Waals surface area contributed by atoms with Crippen molar-refractivity contribution in [3.05, 3.63) is 199 Å². The first kappa shape index (κ1) is 71.2. The van der Waals surface area contributed by atoms with Crippen LogP contribution in [0.15, 0.2) is 169 Å². The highest BCUT2D eigenvalue weighted by molar-refractivity contribution is 5.97. The van der Waals surface area contributed by atoms with Crippen LogP contribution in [0, 0.1) is 51.7 Å². The summed E-state index contributed by atoms with van der Waals surface area (Å²) in [5.74, 6) is 1.56. The maximum absolute atomic E-state index is 14.9. The van der Waals surface area contributed by atoms with Crippen LogP contribution in [0.1, 0.15) is 102 Å². The molecule has 6 fully saturated rings. The number of rotatable bonds is 19. The summed E-state index contributed by atoms with van der Waals surface area (Å²) >= 11 is 0. The fourth-order valence-corrected chi connectivity index (χ4v) is 12.9. The van der Waals surface area contributed by atoms with Crippen molar-refractivity contribution in [2.24, 2.45) is 17.8 Å². The summed E-state index contributed by atoms with van der Waals surface area (Å²) in [7, 11) is 0. The van der Waals surface area contributed by atoms with Crippen molar-refractivity contribution in [2.75, 3.05) is 62.0 Å². The van der Waals surface area contributed by atoms with Gasteiger partial charge in [0.25, 0.3) is 5.91 Å². The number of aliphatic hydroxyl groups is 1. The molecule has 105 heavy (non-hydrogen) atoms. The average Bonchev–Trinajstić information content (AvgIpc) is 1.65. The number of halogens is 2. The zero-order valence-corrected chi connectivity index (χ0v) is 56.7. The van der Waals surface area contributed by atoms with E-state index in [0.29, 0.717) is 53.0 Å². The number of hydrogen-bond acceptors (Lipinski definition) is 19. The highest BCUT2D eigenvalue weighted by atomic mass is 19.1. The number of nitriles is 3. The highest BCUT2D eigenvalue weighted by Gasteiger charge is 2.47. The summed E-state index contributed by atoms with van der Waals surface area (Å²) in [6.45, 7) is 0.955. The van der Waals surface area contributed by atoms with E-state index in [2.05, 4.69) is 64.3 Å². The molecule has 7 heterocycles. The first-order valence-corrected chi connectivity index (χ1v) is 34.6. The molecule has 5 N–H and O–H groups in total. The Morgan fingerprint density at radius 3 is 1.82 bits per heavy atom. The Labute approximate surface area is 602 Å². The molecule has 4 aromatic heterocycles. The summed E-state index contributed by atoms with van der Waals surface area (Å²) in [5.41, 5.74) is 8.01. The SMILES string of the molecule is N#Cc1cc(-c2cc(NC(=O)C3CC3)ccn2)ccc1O[C@H]1CCN(C(=O)c2ncn[nH]2)C[C@H]1F.N#Cc1cc(-c2cccc(NC(=O)[C@@H]3C[C@@H]3c3ccccc3)c2)ccc1O[C@H]1CCN(C(=O)CO)C[C@H]1F.N#Cc1cc(-c2ccnc(NC(=O)[C@@H]3C[C@H]3c3cnco3)c2)ccc1OC1CCOCC1. The third kappa shape index (κ3) is 17.8. The van der Waals surface area contributed by atoms with Gasteiger partial charge in [0.15, 0.2) is 18.7 Å². The third-order valence-electron chi connectivity index (χ3n) is 19.1. The maximum Gasteiger partial charge on any atom is 0.291 e. The molecule has 0 bridgehead atoms. The van der Waals surface area contributed by atoms with E-state index in [-0.39, 0.29) is 121 Å². The second-order valence-corrected chi connectivity index (χ2v) is 26.3. The molecule has 27 heteroatoms. The van der Waals surface area contributed by atoms with Crippen LogP contribution in [0.25, 0.3) is 33.5 Å². The predicted molar refractivity (Wildman–Crippen MR) is 377 cm³/mol. The Morgan fingerprint density at radius 1 is 0.590 bits per heavy atom. The van der Waals surface area contributed by atoms with Crippen molar-refractivity contribution in [3.8, 4) is 69.0 Å². The van der Waals surface area contributed by atoms with Crippen molar-refractivity contribution >= 4 is 46.7 Å². The van der Waals surface area contributed by atoms with E-state index in [1.165, 1.54) is 28.1 Å². The number of amides is 5. The summed E-state index contributed by atoms with van der Waals surface area (Å²) in [6.07, 6.45) is 8.63. The first-order chi connectivity index (χ1) is 51.2. The zero-order chi connectivity index (χ0) is 72.9. The number of carbonyl (C=O) groups is 5. The lowest BCUT2D eigenvalue weighted by atomic mass is 10.0. The van der Waals surface area contributed by atoms with Gasteiger partial charge in [-0.25, -0.2) is 23.7 Å². The molecule has 8 atom stereocenters. The smallest absolute Gasteiger partial charge is 0.291 e. The molecule has 25 nitrogen and oxygen atoms in total. The van der Waals surface area contributed by atoms with E-state index in [1.807, 2.05) is 72.8 Å². The molecule has 3 aliphatic heterocycles. The van der Waals surface area contributed by atoms with Gasteiger partial charge in [-0.2, -0.15) is 20.9 Å². The first-order valence-electron chi connectivity index (χ1n) is 34.6. The number of ether oxygens (including phenoxy) is 4. The second kappa shape index (κ2) is 32.8. The number of alkyl halides is 2. The highest BCUT2D eigenvalue weighted by Crippen LogP contribution is 2.49. The van der Waals surface area contributed by atoms with Crippen LogP contribution >= 0.6 is 0 Å². The van der Waals surface area contributed by atoms with Crippen LogP contribution in [0.4, 0.5) is 26.0 Å². The minimum Gasteiger partial charge on any atom is -0.489 e. The molecule has 6 aliphatic rings. The van der Waals surface area contributed by atoms with Crippen molar-refractivity contribution in [1.82, 2.24) is 39.9 Å². The van der Waals surface area contributed by atoms with Gasteiger partial charge < -0.3 is 54.2 Å². The molecule has 3 aliphatic carbocycles. The quantitative estimate of drug-likeness (QED) is 0.0502. The summed E-state index contributed by atoms with van der Waals surface area (Å²) in [5, 5.41) is 53.0. The molecule has 15 rings (SSSR count). The minimum atomic E-state index is -1.43. The van der Waals surface area contributed by atoms with Gasteiger partial charge in [0.2, 0.25) is 29.5 Å². The van der Waals surface area contributed by atoms with Crippen LogP contribution in [0.3, 0.4) is 0 Å². The topological polar surface area (TPSA) is 350 Å². The summed E-state index contributed by atoms with van der Waals surface area (Å²) in [4.78, 5) is 80.4. The number of aromatic amines is 1. The van der Waals surface area contributed by atoms with E-state index in [4.69, 9.17) is 28.5 Å². The third-order valence-corrected chi connectivity index (χ3v) is 19.1. The number of hydrogen-bond donors (Lipinski definition) is 5. The normalized spacial score (nSPS) is 20.8. The number of aliphatic hydroxyl groups excluding tert-OH is 1. The van der Waals surface area contributed by atoms with Crippen molar-refractivity contribution in [1.29, 1.82) is 15.8 Å². The Bertz CT molecular complexity index is 4750. The molecule has 5 aromatic carbocycles. The number of piperidine rings is 2. The van der Waals surface area contributed by atoms with Crippen molar-refractivity contribution in [2.45, 2.75) is 93.9 Å². The summed E-state index contributed by atoms with van der Waals surface area (Å²) < 4.78 is 58.0. The molecular weight excluding hydrogens is 1350 g/mol. The van der Waals surface area contributed by atoms with Gasteiger partial charge >= 0.3 is 0 Å².